The fourth-order valence-electron chi connectivity index (χ4n) is 1.58. The smallest absolute Gasteiger partial charge is 0.0293 e. The van der Waals surface area contributed by atoms with Crippen LogP contribution in [-0.2, 0) is 13.1 Å². The van der Waals surface area contributed by atoms with Crippen LogP contribution in [0.1, 0.15) is 17.8 Å². The number of fused-ring (bicyclic) bond motifs is 1. The molecule has 0 saturated heterocycles. The Kier molecular flexibility index (Phi) is 1.74. The lowest BCUT2D eigenvalue weighted by Crippen LogP contribution is -1.73. The monoisotopic (exact) mass is 228 g/mol. The van der Waals surface area contributed by atoms with Crippen LogP contribution >= 0.6 is 23.5 Å². The van der Waals surface area contributed by atoms with E-state index in [9.17, 15) is 0 Å². The molecule has 2 rings (SSSR count). The third-order valence-corrected chi connectivity index (χ3v) is 5.04. The molecule has 1 aliphatic carbocycles. The normalized spacial score (nSPS) is 16.6. The van der Waals surface area contributed by atoms with Crippen LogP contribution < -0.4 is 0 Å². The second-order valence-corrected chi connectivity index (χ2v) is 5.99. The van der Waals surface area contributed by atoms with E-state index in [0.717, 1.165) is 0 Å². The highest BCUT2D eigenvalue weighted by atomic mass is 79.9. The largest absolute Gasteiger partial charge is 0.123 e. The van der Waals surface area contributed by atoms with Crippen molar-refractivity contribution in [2.24, 2.45) is 6.66 Å². The molecule has 0 N–H and O–H groups in total. The molecule has 0 spiro atoms. The first-order valence-electron chi connectivity index (χ1n) is 3.69. The van der Waals surface area contributed by atoms with Crippen molar-refractivity contribution in [1.82, 2.24) is 0 Å². The summed E-state index contributed by atoms with van der Waals surface area (Å²) in [4.78, 5) is 0. The van der Waals surface area contributed by atoms with Crippen molar-refractivity contribution in [3.8, 4) is 0 Å². The zero-order valence-corrected chi connectivity index (χ0v) is 9.17. The zero-order chi connectivity index (χ0) is 8.01. The van der Waals surface area contributed by atoms with Gasteiger partial charge in [-0.3, -0.25) is 0 Å². The highest BCUT2D eigenvalue weighted by Gasteiger charge is 2.16. The molecule has 1 atom stereocenters. The second-order valence-electron chi connectivity index (χ2n) is 3.12. The lowest BCUT2D eigenvalue weighted by molar-refractivity contribution is 1.23. The summed E-state index contributed by atoms with van der Waals surface area (Å²) >= 11 is 3.59. The van der Waals surface area contributed by atoms with Gasteiger partial charge in [0.15, 0.2) is 0 Å². The van der Waals surface area contributed by atoms with Gasteiger partial charge in [-0.25, -0.2) is 0 Å². The van der Waals surface area contributed by atoms with E-state index < -0.39 is 0 Å². The first kappa shape index (κ1) is 7.64. The van der Waals surface area contributed by atoms with Gasteiger partial charge in [0.25, 0.3) is 0 Å². The van der Waals surface area contributed by atoms with Crippen LogP contribution in [0.2, 0.25) is 0 Å². The molecule has 0 bridgehead atoms. The fraction of sp³-hybridized carbons (Fsp3) is 0.333. The van der Waals surface area contributed by atoms with E-state index in [1.807, 2.05) is 0 Å². The van der Waals surface area contributed by atoms with Crippen LogP contribution in [-0.4, -0.2) is 0 Å². The molecular formula is C9H10BrP. The molecule has 1 aliphatic rings. The molecule has 0 fully saturated rings. The maximum Gasteiger partial charge on any atom is 0.0293 e. The molecule has 0 amide bonds. The Balaban J connectivity index is 2.62. The topological polar surface area (TPSA) is 0 Å². The average Bonchev–Trinajstić information content (AvgIpc) is 2.38. The number of allylic oxidation sites excluding steroid dienone is 1. The molecule has 11 heavy (non-hydrogen) atoms. The third kappa shape index (κ3) is 1.11. The molecule has 0 nitrogen and oxygen atoms in total. The molecule has 0 aliphatic heterocycles. The Bertz CT molecular complexity index is 334. The van der Waals surface area contributed by atoms with Crippen molar-refractivity contribution in [3.05, 3.63) is 26.7 Å². The van der Waals surface area contributed by atoms with E-state index in [0.29, 0.717) is 0 Å². The Labute approximate surface area is 76.5 Å². The van der Waals surface area contributed by atoms with Gasteiger partial charge in [0.05, 0.1) is 0 Å². The number of aryl methyl sites for hydroxylation is 1. The Hall–Kier alpha value is -0.0000000000000000555. The minimum absolute atomic E-state index is 0.0473. The molecule has 1 unspecified atom stereocenters. The van der Waals surface area contributed by atoms with Gasteiger partial charge in [-0.15, -0.1) is 7.53 Å². The van der Waals surface area contributed by atoms with Gasteiger partial charge < -0.3 is 0 Å². The van der Waals surface area contributed by atoms with E-state index in [2.05, 4.69) is 41.4 Å². The van der Waals surface area contributed by atoms with Gasteiger partial charge in [0.2, 0.25) is 0 Å². The third-order valence-electron chi connectivity index (χ3n) is 2.14. The van der Waals surface area contributed by atoms with Gasteiger partial charge in [0.1, 0.15) is 0 Å². The lowest BCUT2D eigenvalue weighted by atomic mass is 10.3. The summed E-state index contributed by atoms with van der Waals surface area (Å²) in [6, 6.07) is 0. The molecule has 58 valence electrons. The average molecular weight is 229 g/mol. The highest BCUT2D eigenvalue weighted by Crippen LogP contribution is 2.45. The van der Waals surface area contributed by atoms with Gasteiger partial charge in [-0.05, 0) is 52.6 Å². The van der Waals surface area contributed by atoms with Crippen molar-refractivity contribution in [2.75, 3.05) is 0 Å². The number of hydrogen-bond acceptors (Lipinski definition) is 0. The van der Waals surface area contributed by atoms with Crippen LogP contribution in [0.15, 0.2) is 15.8 Å². The summed E-state index contributed by atoms with van der Waals surface area (Å²) in [5.74, 6) is 2.35. The maximum absolute atomic E-state index is 3.59. The Morgan fingerprint density at radius 3 is 2.91 bits per heavy atom. The zero-order valence-electron chi connectivity index (χ0n) is 6.69. The summed E-state index contributed by atoms with van der Waals surface area (Å²) in [5.41, 5.74) is 2.98. The Morgan fingerprint density at radius 2 is 2.27 bits per heavy atom. The van der Waals surface area contributed by atoms with E-state index >= 15 is 0 Å². The quantitative estimate of drug-likeness (QED) is 0.632. The van der Waals surface area contributed by atoms with E-state index in [1.165, 1.54) is 22.0 Å². The molecule has 1 aromatic heterocycles. The van der Waals surface area contributed by atoms with Crippen LogP contribution in [0.3, 0.4) is 0 Å². The van der Waals surface area contributed by atoms with Gasteiger partial charge in [-0.2, -0.15) is 0 Å². The number of rotatable bonds is 0. The predicted octanol–water partition coefficient (Wildman–Crippen LogP) is 3.93. The number of halogens is 1. The van der Waals surface area contributed by atoms with E-state index in [1.54, 1.807) is 5.30 Å². The summed E-state index contributed by atoms with van der Waals surface area (Å²) < 4.78 is 1.32. The van der Waals surface area contributed by atoms with Crippen LogP contribution in [0.5, 0.6) is 0 Å². The molecule has 1 aromatic rings. The fourth-order valence-corrected chi connectivity index (χ4v) is 4.71. The minimum Gasteiger partial charge on any atom is -0.123 e. The van der Waals surface area contributed by atoms with Crippen molar-refractivity contribution >= 4 is 29.5 Å². The molecular weight excluding hydrogens is 219 g/mol. The van der Waals surface area contributed by atoms with Gasteiger partial charge >= 0.3 is 0 Å². The first-order chi connectivity index (χ1) is 5.18. The maximum atomic E-state index is 3.59. The van der Waals surface area contributed by atoms with Gasteiger partial charge in [-0.1, -0.05) is 11.6 Å². The summed E-state index contributed by atoms with van der Waals surface area (Å²) in [6.45, 7) is 4.53. The SMILES string of the molecule is CC1=Cc2c(Br)cp(C)c2C1. The summed E-state index contributed by atoms with van der Waals surface area (Å²) in [7, 11) is 0.0473. The summed E-state index contributed by atoms with van der Waals surface area (Å²) in [5, 5.41) is 1.66. The first-order valence-corrected chi connectivity index (χ1v) is 6.34. The number of hydrogen-bond donors (Lipinski definition) is 0. The van der Waals surface area contributed by atoms with Crippen LogP contribution in [0.4, 0.5) is 0 Å². The van der Waals surface area contributed by atoms with Gasteiger partial charge in [0, 0.05) is 4.47 Å². The van der Waals surface area contributed by atoms with Crippen molar-refractivity contribution in [2.45, 2.75) is 13.3 Å². The van der Waals surface area contributed by atoms with Crippen molar-refractivity contribution < 1.29 is 0 Å². The van der Waals surface area contributed by atoms with Crippen LogP contribution in [0, 0.1) is 0 Å². The molecule has 2 heteroatoms. The standard InChI is InChI=1S/C9H10BrP/c1-6-3-7-8(10)5-11(2)9(7)4-6/h3,5H,4H2,1-2H3. The predicted molar refractivity (Wildman–Crippen MR) is 55.2 cm³/mol. The second kappa shape index (κ2) is 2.50. The molecule has 1 heterocycles. The molecule has 0 radical (unpaired) electrons. The summed E-state index contributed by atoms with van der Waals surface area (Å²) in [6.07, 6.45) is 3.52. The minimum atomic E-state index is 0.0473. The lowest BCUT2D eigenvalue weighted by Gasteiger charge is -1.93. The van der Waals surface area contributed by atoms with Crippen molar-refractivity contribution in [1.29, 1.82) is 0 Å². The van der Waals surface area contributed by atoms with E-state index in [-0.39, 0.29) is 7.53 Å². The van der Waals surface area contributed by atoms with E-state index in [4.69, 9.17) is 0 Å². The Morgan fingerprint density at radius 1 is 1.55 bits per heavy atom. The van der Waals surface area contributed by atoms with Crippen LogP contribution in [0.25, 0.3) is 6.08 Å². The molecule has 0 saturated carbocycles. The molecule has 0 aromatic carbocycles. The van der Waals surface area contributed by atoms with Crippen molar-refractivity contribution in [3.63, 3.8) is 0 Å². The highest BCUT2D eigenvalue weighted by molar-refractivity contribution is 9.10.